The molecule has 24 heavy (non-hydrogen) atoms. The predicted molar refractivity (Wildman–Crippen MR) is 107 cm³/mol. The molecule has 0 aliphatic heterocycles. The SMILES string of the molecule is Cc1cc(Br)c(NCC(=O)NN=CC=Cc2ccccc2)c(Br)c1. The Morgan fingerprint density at radius 3 is 2.50 bits per heavy atom. The number of carbonyl (C=O) groups excluding carboxylic acids is 1. The maximum absolute atomic E-state index is 11.8. The van der Waals surface area contributed by atoms with Crippen LogP contribution in [0, 0.1) is 6.92 Å². The molecule has 2 N–H and O–H groups in total. The molecule has 2 aromatic carbocycles. The van der Waals surface area contributed by atoms with Gasteiger partial charge >= 0.3 is 0 Å². The molecule has 0 bridgehead atoms. The maximum atomic E-state index is 11.8. The summed E-state index contributed by atoms with van der Waals surface area (Å²) < 4.78 is 1.80. The number of hydrogen-bond donors (Lipinski definition) is 2. The first kappa shape index (κ1) is 18.4. The molecule has 124 valence electrons. The van der Waals surface area contributed by atoms with Gasteiger partial charge in [0.15, 0.2) is 0 Å². The van der Waals surface area contributed by atoms with Crippen molar-refractivity contribution in [1.29, 1.82) is 0 Å². The monoisotopic (exact) mass is 449 g/mol. The van der Waals surface area contributed by atoms with Gasteiger partial charge in [-0.15, -0.1) is 0 Å². The van der Waals surface area contributed by atoms with Crippen molar-refractivity contribution in [3.8, 4) is 0 Å². The Morgan fingerprint density at radius 2 is 1.83 bits per heavy atom. The van der Waals surface area contributed by atoms with Crippen molar-refractivity contribution < 1.29 is 4.79 Å². The van der Waals surface area contributed by atoms with E-state index in [1.54, 1.807) is 12.3 Å². The Kier molecular flexibility index (Phi) is 7.21. The van der Waals surface area contributed by atoms with Crippen LogP contribution in [-0.4, -0.2) is 18.7 Å². The van der Waals surface area contributed by atoms with E-state index in [1.165, 1.54) is 0 Å². The van der Waals surface area contributed by atoms with Crippen LogP contribution in [0.4, 0.5) is 5.69 Å². The van der Waals surface area contributed by atoms with Gasteiger partial charge in [0.2, 0.25) is 0 Å². The van der Waals surface area contributed by atoms with Crippen LogP contribution in [0.5, 0.6) is 0 Å². The lowest BCUT2D eigenvalue weighted by atomic mass is 10.2. The zero-order valence-electron chi connectivity index (χ0n) is 13.1. The highest BCUT2D eigenvalue weighted by Crippen LogP contribution is 2.31. The van der Waals surface area contributed by atoms with Crippen molar-refractivity contribution in [2.45, 2.75) is 6.92 Å². The fourth-order valence-electron chi connectivity index (χ4n) is 1.95. The molecule has 2 rings (SSSR count). The van der Waals surface area contributed by atoms with E-state index in [0.717, 1.165) is 25.8 Å². The van der Waals surface area contributed by atoms with Gasteiger partial charge in [-0.1, -0.05) is 36.4 Å². The van der Waals surface area contributed by atoms with Gasteiger partial charge < -0.3 is 5.32 Å². The molecule has 0 saturated carbocycles. The van der Waals surface area contributed by atoms with Gasteiger partial charge in [0.1, 0.15) is 0 Å². The third kappa shape index (κ3) is 5.94. The summed E-state index contributed by atoms with van der Waals surface area (Å²) in [5.74, 6) is -0.223. The quantitative estimate of drug-likeness (QED) is 0.493. The summed E-state index contributed by atoms with van der Waals surface area (Å²) >= 11 is 6.96. The Labute approximate surface area is 158 Å². The number of benzene rings is 2. The van der Waals surface area contributed by atoms with Crippen LogP contribution >= 0.6 is 31.9 Å². The topological polar surface area (TPSA) is 53.5 Å². The summed E-state index contributed by atoms with van der Waals surface area (Å²) in [6.07, 6.45) is 5.23. The molecule has 0 fully saturated rings. The normalized spacial score (nSPS) is 11.1. The van der Waals surface area contributed by atoms with Gasteiger partial charge in [-0.3, -0.25) is 4.79 Å². The second kappa shape index (κ2) is 9.39. The molecule has 0 aliphatic rings. The van der Waals surface area contributed by atoms with Gasteiger partial charge in [0, 0.05) is 15.2 Å². The summed E-state index contributed by atoms with van der Waals surface area (Å²) in [6, 6.07) is 13.8. The first-order valence-electron chi connectivity index (χ1n) is 7.29. The summed E-state index contributed by atoms with van der Waals surface area (Å²) in [6.45, 7) is 2.13. The van der Waals surface area contributed by atoms with Crippen molar-refractivity contribution in [3.63, 3.8) is 0 Å². The molecule has 0 aliphatic carbocycles. The molecule has 0 aromatic heterocycles. The number of hydrazone groups is 1. The Hall–Kier alpha value is -1.92. The molecule has 2 aromatic rings. The van der Waals surface area contributed by atoms with Crippen molar-refractivity contribution in [2.24, 2.45) is 5.10 Å². The Morgan fingerprint density at radius 1 is 1.17 bits per heavy atom. The fraction of sp³-hybridized carbons (Fsp3) is 0.111. The van der Waals surface area contributed by atoms with Crippen LogP contribution in [0.3, 0.4) is 0 Å². The minimum absolute atomic E-state index is 0.125. The third-order valence-electron chi connectivity index (χ3n) is 3.05. The number of anilines is 1. The van der Waals surface area contributed by atoms with Crippen molar-refractivity contribution in [1.82, 2.24) is 5.43 Å². The molecule has 0 spiro atoms. The van der Waals surface area contributed by atoms with Crippen LogP contribution < -0.4 is 10.7 Å². The number of amides is 1. The van der Waals surface area contributed by atoms with Crippen molar-refractivity contribution in [3.05, 3.63) is 68.6 Å². The number of nitrogens with zero attached hydrogens (tertiary/aromatic N) is 1. The molecular formula is C18H17Br2N3O. The van der Waals surface area contributed by atoms with E-state index in [0.29, 0.717) is 0 Å². The lowest BCUT2D eigenvalue weighted by Gasteiger charge is -2.10. The summed E-state index contributed by atoms with van der Waals surface area (Å²) in [5, 5.41) is 6.96. The highest BCUT2D eigenvalue weighted by molar-refractivity contribution is 9.11. The molecule has 4 nitrogen and oxygen atoms in total. The van der Waals surface area contributed by atoms with E-state index in [2.05, 4.69) is 47.7 Å². The minimum atomic E-state index is -0.223. The van der Waals surface area contributed by atoms with Crippen LogP contribution in [-0.2, 0) is 4.79 Å². The molecule has 1 amide bonds. The van der Waals surface area contributed by atoms with Crippen LogP contribution in [0.2, 0.25) is 0 Å². The minimum Gasteiger partial charge on any atom is -0.374 e. The molecule has 6 heteroatoms. The highest BCUT2D eigenvalue weighted by atomic mass is 79.9. The number of halogens is 2. The number of rotatable bonds is 6. The number of hydrogen-bond acceptors (Lipinski definition) is 3. The van der Waals surface area contributed by atoms with Gasteiger partial charge in [-0.05, 0) is 68.1 Å². The zero-order chi connectivity index (χ0) is 17.4. The van der Waals surface area contributed by atoms with Crippen LogP contribution in [0.25, 0.3) is 6.08 Å². The number of allylic oxidation sites excluding steroid dienone is 1. The maximum Gasteiger partial charge on any atom is 0.259 e. The summed E-state index contributed by atoms with van der Waals surface area (Å²) in [4.78, 5) is 11.8. The van der Waals surface area contributed by atoms with E-state index < -0.39 is 0 Å². The lowest BCUT2D eigenvalue weighted by Crippen LogP contribution is -2.26. The largest absolute Gasteiger partial charge is 0.374 e. The molecule has 0 atom stereocenters. The molecule has 0 heterocycles. The van der Waals surface area contributed by atoms with Crippen molar-refractivity contribution >= 4 is 55.7 Å². The highest BCUT2D eigenvalue weighted by Gasteiger charge is 2.07. The molecule has 0 radical (unpaired) electrons. The number of aryl methyl sites for hydroxylation is 1. The Balaban J connectivity index is 1.80. The second-order valence-electron chi connectivity index (χ2n) is 5.04. The molecular weight excluding hydrogens is 434 g/mol. The third-order valence-corrected chi connectivity index (χ3v) is 4.30. The predicted octanol–water partition coefficient (Wildman–Crippen LogP) is 4.75. The summed E-state index contributed by atoms with van der Waals surface area (Å²) in [5.41, 5.74) is 5.51. The Bertz CT molecular complexity index is 735. The van der Waals surface area contributed by atoms with Crippen LogP contribution in [0.1, 0.15) is 11.1 Å². The standard InChI is InChI=1S/C18H17Br2N3O/c1-13-10-15(19)18(16(20)11-13)21-12-17(24)23-22-9-5-8-14-6-3-2-4-7-14/h2-11,21H,12H2,1H3,(H,23,24). The van der Waals surface area contributed by atoms with Crippen molar-refractivity contribution in [2.75, 3.05) is 11.9 Å². The average molecular weight is 451 g/mol. The van der Waals surface area contributed by atoms with Gasteiger partial charge in [0.25, 0.3) is 5.91 Å². The van der Waals surface area contributed by atoms with Gasteiger partial charge in [-0.25, -0.2) is 5.43 Å². The number of carbonyl (C=O) groups is 1. The van der Waals surface area contributed by atoms with E-state index in [1.807, 2.05) is 55.5 Å². The lowest BCUT2D eigenvalue weighted by molar-refractivity contribution is -0.119. The first-order valence-corrected chi connectivity index (χ1v) is 8.88. The summed E-state index contributed by atoms with van der Waals surface area (Å²) in [7, 11) is 0. The molecule has 0 unspecified atom stereocenters. The van der Waals surface area contributed by atoms with E-state index in [4.69, 9.17) is 0 Å². The van der Waals surface area contributed by atoms with E-state index >= 15 is 0 Å². The van der Waals surface area contributed by atoms with E-state index in [-0.39, 0.29) is 12.5 Å². The smallest absolute Gasteiger partial charge is 0.259 e. The average Bonchev–Trinajstić information content (AvgIpc) is 2.54. The fourth-order valence-corrected chi connectivity index (χ4v) is 3.64. The van der Waals surface area contributed by atoms with Crippen LogP contribution in [0.15, 0.2) is 62.6 Å². The first-order chi connectivity index (χ1) is 11.6. The van der Waals surface area contributed by atoms with Gasteiger partial charge in [-0.2, -0.15) is 5.10 Å². The second-order valence-corrected chi connectivity index (χ2v) is 6.75. The number of nitrogens with one attached hydrogen (secondary N) is 2. The molecule has 0 saturated heterocycles. The zero-order valence-corrected chi connectivity index (χ0v) is 16.3. The van der Waals surface area contributed by atoms with Gasteiger partial charge in [0.05, 0.1) is 12.2 Å². The van der Waals surface area contributed by atoms with E-state index in [9.17, 15) is 4.79 Å².